The van der Waals surface area contributed by atoms with Crippen molar-refractivity contribution >= 4 is 17.7 Å². The topological polar surface area (TPSA) is 55.2 Å². The van der Waals surface area contributed by atoms with E-state index in [9.17, 15) is 14.0 Å². The summed E-state index contributed by atoms with van der Waals surface area (Å²) in [7, 11) is 1.56. The first-order valence-electron chi connectivity index (χ1n) is 7.25. The van der Waals surface area contributed by atoms with Crippen LogP contribution in [0.2, 0.25) is 0 Å². The number of nitrogens with zero attached hydrogens (tertiary/aromatic N) is 3. The summed E-state index contributed by atoms with van der Waals surface area (Å²) >= 11 is 1.49. The van der Waals surface area contributed by atoms with E-state index in [1.807, 2.05) is 0 Å². The van der Waals surface area contributed by atoms with Crippen LogP contribution in [0.4, 0.5) is 4.39 Å². The third kappa shape index (κ3) is 2.76. The van der Waals surface area contributed by atoms with Gasteiger partial charge in [0.2, 0.25) is 0 Å². The van der Waals surface area contributed by atoms with E-state index in [1.165, 1.54) is 33.5 Å². The average Bonchev–Trinajstić information content (AvgIpc) is 3.03. The molecule has 0 saturated heterocycles. The lowest BCUT2D eigenvalue weighted by atomic mass is 10.1. The van der Waals surface area contributed by atoms with Crippen molar-refractivity contribution in [2.24, 2.45) is 0 Å². The van der Waals surface area contributed by atoms with Crippen molar-refractivity contribution in [3.05, 3.63) is 57.8 Å². The van der Waals surface area contributed by atoms with Crippen molar-refractivity contribution < 1.29 is 9.18 Å². The molecule has 0 fully saturated rings. The molecular formula is C16H16FN3O2S. The first-order valence-corrected chi connectivity index (χ1v) is 8.23. The number of fused-ring (bicyclic) bond motifs is 1. The molecule has 1 aliphatic rings. The summed E-state index contributed by atoms with van der Waals surface area (Å²) in [6.45, 7) is 2.28. The molecule has 2 aromatic rings. The summed E-state index contributed by atoms with van der Waals surface area (Å²) in [5.41, 5.74) is 0.0904. The molecule has 0 N–H and O–H groups in total. The molecule has 1 atom stereocenters. The van der Waals surface area contributed by atoms with Crippen molar-refractivity contribution in [2.75, 3.05) is 12.8 Å². The number of carbonyl (C=O) groups is 1. The molecule has 0 unspecified atom stereocenters. The van der Waals surface area contributed by atoms with E-state index in [-0.39, 0.29) is 16.9 Å². The van der Waals surface area contributed by atoms with Crippen LogP contribution in [0.15, 0.2) is 40.4 Å². The number of hydrogen-bond acceptors (Lipinski definition) is 4. The smallest absolute Gasteiger partial charge is 0.267 e. The van der Waals surface area contributed by atoms with Gasteiger partial charge in [0.25, 0.3) is 11.5 Å². The second kappa shape index (κ2) is 6.16. The van der Waals surface area contributed by atoms with Crippen LogP contribution in [0.1, 0.15) is 28.9 Å². The lowest BCUT2D eigenvalue weighted by Gasteiger charge is -2.25. The molecule has 1 aliphatic heterocycles. The van der Waals surface area contributed by atoms with Crippen LogP contribution in [0.25, 0.3) is 0 Å². The summed E-state index contributed by atoms with van der Waals surface area (Å²) in [6.07, 6.45) is 1.32. The van der Waals surface area contributed by atoms with Gasteiger partial charge in [-0.3, -0.25) is 14.2 Å². The predicted molar refractivity (Wildman–Crippen MR) is 86.1 cm³/mol. The second-order valence-electron chi connectivity index (χ2n) is 5.37. The highest BCUT2D eigenvalue weighted by Gasteiger charge is 2.26. The predicted octanol–water partition coefficient (Wildman–Crippen LogP) is 2.32. The number of carbonyl (C=O) groups excluding carboxylic acids is 1. The fourth-order valence-electron chi connectivity index (χ4n) is 2.55. The van der Waals surface area contributed by atoms with E-state index in [1.54, 1.807) is 32.2 Å². The molecule has 120 valence electrons. The Kier molecular flexibility index (Phi) is 4.21. The van der Waals surface area contributed by atoms with Crippen molar-refractivity contribution in [1.82, 2.24) is 14.5 Å². The van der Waals surface area contributed by atoms with Gasteiger partial charge in [-0.15, -0.1) is 0 Å². The molecule has 0 aliphatic carbocycles. The van der Waals surface area contributed by atoms with Crippen LogP contribution in [-0.2, 0) is 6.54 Å². The van der Waals surface area contributed by atoms with E-state index in [2.05, 4.69) is 4.98 Å². The number of aromatic nitrogens is 2. The van der Waals surface area contributed by atoms with Gasteiger partial charge in [0.1, 0.15) is 11.4 Å². The Hall–Kier alpha value is -2.15. The number of rotatable bonds is 3. The molecule has 0 spiro atoms. The maximum absolute atomic E-state index is 13.9. The molecule has 7 heteroatoms. The zero-order valence-corrected chi connectivity index (χ0v) is 13.6. The molecule has 1 amide bonds. The minimum absolute atomic E-state index is 0.0157. The Morgan fingerprint density at radius 3 is 2.91 bits per heavy atom. The summed E-state index contributed by atoms with van der Waals surface area (Å²) in [5.74, 6) is -0.0493. The van der Waals surface area contributed by atoms with Gasteiger partial charge in [-0.05, 0) is 13.0 Å². The van der Waals surface area contributed by atoms with Gasteiger partial charge in [0.15, 0.2) is 5.16 Å². The lowest BCUT2D eigenvalue weighted by Crippen LogP contribution is -2.36. The standard InChI is InChI=1S/C16H16FN3O2S/c1-10(11-5-3-4-6-13(11)17)19(2)14(21)12-9-18-16-20(15(12)22)7-8-23-16/h3-6,9-10H,7-8H2,1-2H3/t10-/m0/s1. The van der Waals surface area contributed by atoms with Gasteiger partial charge < -0.3 is 4.90 Å². The highest BCUT2D eigenvalue weighted by molar-refractivity contribution is 7.99. The van der Waals surface area contributed by atoms with Crippen molar-refractivity contribution in [1.29, 1.82) is 0 Å². The Bertz CT molecular complexity index is 821. The van der Waals surface area contributed by atoms with Crippen LogP contribution in [0, 0.1) is 5.82 Å². The molecule has 2 heterocycles. The Labute approximate surface area is 137 Å². The number of benzene rings is 1. The number of hydrogen-bond donors (Lipinski definition) is 0. The number of halogens is 1. The van der Waals surface area contributed by atoms with E-state index >= 15 is 0 Å². The maximum Gasteiger partial charge on any atom is 0.267 e. The Morgan fingerprint density at radius 2 is 2.17 bits per heavy atom. The third-order valence-corrected chi connectivity index (χ3v) is 5.01. The average molecular weight is 333 g/mol. The number of amides is 1. The zero-order chi connectivity index (χ0) is 16.6. The van der Waals surface area contributed by atoms with Crippen LogP contribution in [0.3, 0.4) is 0 Å². The summed E-state index contributed by atoms with van der Waals surface area (Å²) in [5, 5.41) is 0.636. The van der Waals surface area contributed by atoms with Gasteiger partial charge in [-0.2, -0.15) is 0 Å². The first-order chi connectivity index (χ1) is 11.0. The van der Waals surface area contributed by atoms with E-state index in [4.69, 9.17) is 0 Å². The van der Waals surface area contributed by atoms with Gasteiger partial charge in [0, 0.05) is 31.1 Å². The molecule has 23 heavy (non-hydrogen) atoms. The second-order valence-corrected chi connectivity index (χ2v) is 6.44. The van der Waals surface area contributed by atoms with E-state index < -0.39 is 11.9 Å². The molecule has 0 saturated carbocycles. The van der Waals surface area contributed by atoms with Crippen molar-refractivity contribution in [3.63, 3.8) is 0 Å². The molecule has 3 rings (SSSR count). The van der Waals surface area contributed by atoms with Crippen molar-refractivity contribution in [3.8, 4) is 0 Å². The highest BCUT2D eigenvalue weighted by atomic mass is 32.2. The summed E-state index contributed by atoms with van der Waals surface area (Å²) < 4.78 is 15.4. The Morgan fingerprint density at radius 1 is 1.43 bits per heavy atom. The highest BCUT2D eigenvalue weighted by Crippen LogP contribution is 2.24. The normalized spacial score (nSPS) is 14.4. The van der Waals surface area contributed by atoms with E-state index in [0.717, 1.165) is 5.75 Å². The Balaban J connectivity index is 1.92. The lowest BCUT2D eigenvalue weighted by molar-refractivity contribution is 0.0737. The SMILES string of the molecule is C[C@@H](c1ccccc1F)N(C)C(=O)c1cnc2n(c1=O)CCS2. The van der Waals surface area contributed by atoms with Crippen LogP contribution >= 0.6 is 11.8 Å². The monoisotopic (exact) mass is 333 g/mol. The molecule has 1 aromatic carbocycles. The van der Waals surface area contributed by atoms with Gasteiger partial charge in [0.05, 0.1) is 6.04 Å². The zero-order valence-electron chi connectivity index (χ0n) is 12.8. The largest absolute Gasteiger partial charge is 0.335 e. The summed E-state index contributed by atoms with van der Waals surface area (Å²) in [4.78, 5) is 30.6. The minimum atomic E-state index is -0.490. The molecular weight excluding hydrogens is 317 g/mol. The number of thioether (sulfide) groups is 1. The van der Waals surface area contributed by atoms with Crippen LogP contribution in [-0.4, -0.2) is 33.2 Å². The van der Waals surface area contributed by atoms with Gasteiger partial charge >= 0.3 is 0 Å². The van der Waals surface area contributed by atoms with E-state index in [0.29, 0.717) is 17.3 Å². The molecule has 0 bridgehead atoms. The first kappa shape index (κ1) is 15.7. The van der Waals surface area contributed by atoms with Gasteiger partial charge in [-0.25, -0.2) is 9.37 Å². The quantitative estimate of drug-likeness (QED) is 0.809. The maximum atomic E-state index is 13.9. The fraction of sp³-hybridized carbons (Fsp3) is 0.312. The minimum Gasteiger partial charge on any atom is -0.335 e. The van der Waals surface area contributed by atoms with Crippen LogP contribution in [0.5, 0.6) is 0 Å². The molecule has 0 radical (unpaired) electrons. The van der Waals surface area contributed by atoms with Crippen molar-refractivity contribution in [2.45, 2.75) is 24.7 Å². The third-order valence-electron chi connectivity index (χ3n) is 4.04. The summed E-state index contributed by atoms with van der Waals surface area (Å²) in [6, 6.07) is 5.82. The van der Waals surface area contributed by atoms with Gasteiger partial charge in [-0.1, -0.05) is 30.0 Å². The fourth-order valence-corrected chi connectivity index (χ4v) is 3.47. The molecule has 5 nitrogen and oxygen atoms in total. The molecule has 1 aromatic heterocycles. The van der Waals surface area contributed by atoms with Crippen LogP contribution < -0.4 is 5.56 Å².